The minimum absolute atomic E-state index is 0.0969. The summed E-state index contributed by atoms with van der Waals surface area (Å²) in [6.07, 6.45) is 1.72. The molecule has 1 aromatic carbocycles. The summed E-state index contributed by atoms with van der Waals surface area (Å²) in [5.74, 6) is 0.733. The lowest BCUT2D eigenvalue weighted by Crippen LogP contribution is -2.25. The third-order valence-electron chi connectivity index (χ3n) is 3.59. The lowest BCUT2D eigenvalue weighted by molar-refractivity contribution is 0.323. The summed E-state index contributed by atoms with van der Waals surface area (Å²) in [5, 5.41) is 4.32. The van der Waals surface area contributed by atoms with Gasteiger partial charge in [-0.1, -0.05) is 0 Å². The SMILES string of the molecule is COc1cc2nc(C)sc2cc1NC1CCC[C@H]1F. The van der Waals surface area contributed by atoms with Gasteiger partial charge in [-0.2, -0.15) is 0 Å². The number of rotatable bonds is 3. The quantitative estimate of drug-likeness (QED) is 0.925. The van der Waals surface area contributed by atoms with E-state index in [1.165, 1.54) is 0 Å². The molecular weight excluding hydrogens is 263 g/mol. The predicted molar refractivity (Wildman–Crippen MR) is 77.1 cm³/mol. The molecule has 1 heterocycles. The largest absolute Gasteiger partial charge is 0.495 e. The van der Waals surface area contributed by atoms with Gasteiger partial charge in [-0.25, -0.2) is 9.37 Å². The van der Waals surface area contributed by atoms with Gasteiger partial charge in [0, 0.05) is 6.07 Å². The molecule has 3 rings (SSSR count). The number of thiazole rings is 1. The summed E-state index contributed by atoms with van der Waals surface area (Å²) >= 11 is 1.64. The fourth-order valence-electron chi connectivity index (χ4n) is 2.63. The Morgan fingerprint density at radius 2 is 2.26 bits per heavy atom. The smallest absolute Gasteiger partial charge is 0.144 e. The minimum Gasteiger partial charge on any atom is -0.495 e. The van der Waals surface area contributed by atoms with Crippen LogP contribution in [0.25, 0.3) is 10.2 Å². The molecule has 102 valence electrons. The van der Waals surface area contributed by atoms with Crippen LogP contribution >= 0.6 is 11.3 Å². The topological polar surface area (TPSA) is 34.1 Å². The number of hydrogen-bond donors (Lipinski definition) is 1. The highest BCUT2D eigenvalue weighted by molar-refractivity contribution is 7.18. The summed E-state index contributed by atoms with van der Waals surface area (Å²) in [6, 6.07) is 3.84. The molecule has 0 amide bonds. The lowest BCUT2D eigenvalue weighted by Gasteiger charge is -2.18. The number of nitrogens with one attached hydrogen (secondary N) is 1. The van der Waals surface area contributed by atoms with Crippen molar-refractivity contribution in [3.8, 4) is 5.75 Å². The number of alkyl halides is 1. The van der Waals surface area contributed by atoms with E-state index in [-0.39, 0.29) is 6.04 Å². The molecule has 2 aromatic rings. The van der Waals surface area contributed by atoms with Crippen molar-refractivity contribution in [2.45, 2.75) is 38.4 Å². The zero-order valence-corrected chi connectivity index (χ0v) is 11.9. The first-order chi connectivity index (χ1) is 9.17. The summed E-state index contributed by atoms with van der Waals surface area (Å²) in [5.41, 5.74) is 1.81. The number of aryl methyl sites for hydroxylation is 1. The van der Waals surface area contributed by atoms with Crippen LogP contribution in [0.5, 0.6) is 5.75 Å². The molecule has 1 unspecified atom stereocenters. The maximum atomic E-state index is 13.7. The van der Waals surface area contributed by atoms with Gasteiger partial charge in [0.1, 0.15) is 11.9 Å². The van der Waals surface area contributed by atoms with Crippen LogP contribution in [-0.4, -0.2) is 24.3 Å². The number of nitrogens with zero attached hydrogens (tertiary/aromatic N) is 1. The van der Waals surface area contributed by atoms with Crippen LogP contribution in [0.4, 0.5) is 10.1 Å². The van der Waals surface area contributed by atoms with Gasteiger partial charge in [0.05, 0.1) is 34.1 Å². The van der Waals surface area contributed by atoms with Gasteiger partial charge in [0.15, 0.2) is 0 Å². The first kappa shape index (κ1) is 12.7. The Morgan fingerprint density at radius 3 is 2.95 bits per heavy atom. The van der Waals surface area contributed by atoms with Crippen LogP contribution in [-0.2, 0) is 0 Å². The normalized spacial score (nSPS) is 22.9. The standard InChI is InChI=1S/C14H17FN2OS/c1-8-16-12-6-13(18-2)11(7-14(12)19-8)17-10-5-3-4-9(10)15/h6-7,9-10,17H,3-5H2,1-2H3/t9-,10?/m1/s1. The van der Waals surface area contributed by atoms with Crippen molar-refractivity contribution in [3.63, 3.8) is 0 Å². The van der Waals surface area contributed by atoms with Gasteiger partial charge in [0.25, 0.3) is 0 Å². The molecule has 1 aliphatic rings. The highest BCUT2D eigenvalue weighted by Gasteiger charge is 2.27. The van der Waals surface area contributed by atoms with Crippen molar-refractivity contribution >= 4 is 27.2 Å². The molecule has 1 aromatic heterocycles. The Balaban J connectivity index is 1.96. The molecule has 3 nitrogen and oxygen atoms in total. The van der Waals surface area contributed by atoms with Crippen LogP contribution < -0.4 is 10.1 Å². The monoisotopic (exact) mass is 280 g/mol. The summed E-state index contributed by atoms with van der Waals surface area (Å²) in [6.45, 7) is 1.98. The molecule has 5 heteroatoms. The van der Waals surface area contributed by atoms with Crippen molar-refractivity contribution in [1.82, 2.24) is 4.98 Å². The molecule has 2 atom stereocenters. The number of ether oxygens (including phenoxy) is 1. The van der Waals surface area contributed by atoms with Crippen molar-refractivity contribution in [2.75, 3.05) is 12.4 Å². The number of benzene rings is 1. The van der Waals surface area contributed by atoms with Gasteiger partial charge in [-0.15, -0.1) is 11.3 Å². The Kier molecular flexibility index (Phi) is 3.31. The van der Waals surface area contributed by atoms with E-state index >= 15 is 0 Å². The van der Waals surface area contributed by atoms with E-state index in [1.807, 2.05) is 19.1 Å². The van der Waals surface area contributed by atoms with Gasteiger partial charge in [-0.3, -0.25) is 0 Å². The summed E-state index contributed by atoms with van der Waals surface area (Å²) in [4.78, 5) is 4.45. The second kappa shape index (κ2) is 4.96. The molecule has 0 radical (unpaired) electrons. The van der Waals surface area contributed by atoms with E-state index in [9.17, 15) is 4.39 Å². The average Bonchev–Trinajstić information content (AvgIpc) is 2.94. The highest BCUT2D eigenvalue weighted by atomic mass is 32.1. The third kappa shape index (κ3) is 2.39. The fraction of sp³-hybridized carbons (Fsp3) is 0.500. The molecule has 0 bridgehead atoms. The van der Waals surface area contributed by atoms with E-state index in [1.54, 1.807) is 18.4 Å². The maximum Gasteiger partial charge on any atom is 0.144 e. The molecule has 1 N–H and O–H groups in total. The van der Waals surface area contributed by atoms with Crippen LogP contribution in [0.1, 0.15) is 24.3 Å². The van der Waals surface area contributed by atoms with Gasteiger partial charge in [-0.05, 0) is 32.3 Å². The molecule has 19 heavy (non-hydrogen) atoms. The molecule has 0 spiro atoms. The van der Waals surface area contributed by atoms with Gasteiger partial charge in [0.2, 0.25) is 0 Å². The van der Waals surface area contributed by atoms with Gasteiger partial charge >= 0.3 is 0 Å². The summed E-state index contributed by atoms with van der Waals surface area (Å²) < 4.78 is 20.2. The van der Waals surface area contributed by atoms with Crippen LogP contribution in [0.3, 0.4) is 0 Å². The minimum atomic E-state index is -0.761. The zero-order chi connectivity index (χ0) is 13.4. The van der Waals surface area contributed by atoms with Crippen LogP contribution in [0.2, 0.25) is 0 Å². The van der Waals surface area contributed by atoms with E-state index < -0.39 is 6.17 Å². The predicted octanol–water partition coefficient (Wildman–Crippen LogP) is 3.92. The molecule has 0 aliphatic heterocycles. The number of fused-ring (bicyclic) bond motifs is 1. The van der Waals surface area contributed by atoms with E-state index in [0.717, 1.165) is 39.5 Å². The van der Waals surface area contributed by atoms with Crippen molar-refractivity contribution < 1.29 is 9.13 Å². The first-order valence-electron chi connectivity index (χ1n) is 6.53. The van der Waals surface area contributed by atoms with E-state index in [4.69, 9.17) is 4.74 Å². The number of methoxy groups -OCH3 is 1. The molecule has 0 saturated heterocycles. The van der Waals surface area contributed by atoms with Gasteiger partial charge < -0.3 is 10.1 Å². The molecule has 1 aliphatic carbocycles. The highest BCUT2D eigenvalue weighted by Crippen LogP contribution is 2.35. The van der Waals surface area contributed by atoms with E-state index in [0.29, 0.717) is 6.42 Å². The number of aromatic nitrogens is 1. The second-order valence-corrected chi connectivity index (χ2v) is 6.19. The Hall–Kier alpha value is -1.36. The Labute approximate surface area is 115 Å². The third-order valence-corrected chi connectivity index (χ3v) is 4.52. The Bertz CT molecular complexity index is 598. The summed E-state index contributed by atoms with van der Waals surface area (Å²) in [7, 11) is 1.63. The van der Waals surface area contributed by atoms with E-state index in [2.05, 4.69) is 10.3 Å². The second-order valence-electron chi connectivity index (χ2n) is 4.95. The van der Waals surface area contributed by atoms with Crippen LogP contribution in [0, 0.1) is 6.92 Å². The fourth-order valence-corrected chi connectivity index (χ4v) is 3.48. The zero-order valence-electron chi connectivity index (χ0n) is 11.1. The van der Waals surface area contributed by atoms with Crippen molar-refractivity contribution in [3.05, 3.63) is 17.1 Å². The first-order valence-corrected chi connectivity index (χ1v) is 7.35. The van der Waals surface area contributed by atoms with Crippen molar-refractivity contribution in [2.24, 2.45) is 0 Å². The van der Waals surface area contributed by atoms with Crippen LogP contribution in [0.15, 0.2) is 12.1 Å². The number of anilines is 1. The average molecular weight is 280 g/mol. The molecular formula is C14H17FN2OS. The number of hydrogen-bond acceptors (Lipinski definition) is 4. The lowest BCUT2D eigenvalue weighted by atomic mass is 10.2. The Morgan fingerprint density at radius 1 is 1.42 bits per heavy atom. The molecule has 1 fully saturated rings. The maximum absolute atomic E-state index is 13.7. The molecule has 1 saturated carbocycles. The number of halogens is 1. The van der Waals surface area contributed by atoms with Crippen molar-refractivity contribution in [1.29, 1.82) is 0 Å².